The summed E-state index contributed by atoms with van der Waals surface area (Å²) in [4.78, 5) is 7.10. The first-order valence-corrected chi connectivity index (χ1v) is 9.18. The zero-order chi connectivity index (χ0) is 16.3. The first-order valence-electron chi connectivity index (χ1n) is 9.18. The zero-order valence-electron chi connectivity index (χ0n) is 14.9. The summed E-state index contributed by atoms with van der Waals surface area (Å²) in [7, 11) is 2.18. The summed E-state index contributed by atoms with van der Waals surface area (Å²) >= 11 is 0. The van der Waals surface area contributed by atoms with Gasteiger partial charge in [-0.25, -0.2) is 0 Å². The lowest BCUT2D eigenvalue weighted by atomic mass is 10.1. The van der Waals surface area contributed by atoms with E-state index in [0.717, 1.165) is 58.3 Å². The van der Waals surface area contributed by atoms with Crippen LogP contribution in [0.5, 0.6) is 0 Å². The predicted octanol–water partition coefficient (Wildman–Crippen LogP) is 1.08. The van der Waals surface area contributed by atoms with Gasteiger partial charge in [-0.05, 0) is 52.1 Å². The van der Waals surface area contributed by atoms with Crippen molar-refractivity contribution < 1.29 is 9.47 Å². The average molecular weight is 326 g/mol. The second kappa shape index (κ2) is 10.8. The summed E-state index contributed by atoms with van der Waals surface area (Å²) < 4.78 is 11.2. The minimum absolute atomic E-state index is 0.325. The van der Waals surface area contributed by atoms with Crippen LogP contribution >= 0.6 is 0 Å². The Bertz CT molecular complexity index is 345. The smallest absolute Gasteiger partial charge is 0.191 e. The molecule has 0 amide bonds. The van der Waals surface area contributed by atoms with Crippen molar-refractivity contribution in [3.8, 4) is 0 Å². The maximum absolute atomic E-state index is 5.68. The third kappa shape index (κ3) is 7.50. The van der Waals surface area contributed by atoms with Crippen molar-refractivity contribution in [1.29, 1.82) is 0 Å². The first-order chi connectivity index (χ1) is 11.3. The number of guanidine groups is 1. The molecular weight excluding hydrogens is 292 g/mol. The van der Waals surface area contributed by atoms with E-state index in [1.807, 2.05) is 0 Å². The van der Waals surface area contributed by atoms with E-state index in [9.17, 15) is 0 Å². The highest BCUT2D eigenvalue weighted by Gasteiger charge is 2.19. The molecule has 2 rings (SSSR count). The Hall–Kier alpha value is -0.850. The normalized spacial score (nSPS) is 25.9. The van der Waals surface area contributed by atoms with Crippen molar-refractivity contribution in [3.63, 3.8) is 0 Å². The van der Waals surface area contributed by atoms with Crippen molar-refractivity contribution in [1.82, 2.24) is 15.5 Å². The Balaban J connectivity index is 1.54. The van der Waals surface area contributed by atoms with E-state index >= 15 is 0 Å². The molecule has 134 valence electrons. The summed E-state index contributed by atoms with van der Waals surface area (Å²) in [6.45, 7) is 9.58. The molecule has 0 bridgehead atoms. The number of aliphatic imine (C=N–C) groups is 1. The summed E-state index contributed by atoms with van der Waals surface area (Å²) in [5, 5.41) is 6.72. The Morgan fingerprint density at radius 2 is 2.26 bits per heavy atom. The molecule has 2 aliphatic rings. The topological polar surface area (TPSA) is 58.1 Å². The van der Waals surface area contributed by atoms with Crippen LogP contribution in [0.25, 0.3) is 0 Å². The van der Waals surface area contributed by atoms with Crippen LogP contribution in [0.4, 0.5) is 0 Å². The summed E-state index contributed by atoms with van der Waals surface area (Å²) in [5.74, 6) is 1.63. The number of hydrogen-bond acceptors (Lipinski definition) is 4. The van der Waals surface area contributed by atoms with Crippen molar-refractivity contribution in [3.05, 3.63) is 0 Å². The van der Waals surface area contributed by atoms with E-state index in [1.165, 1.54) is 25.9 Å². The van der Waals surface area contributed by atoms with Gasteiger partial charge in [0.15, 0.2) is 5.96 Å². The molecule has 0 aromatic carbocycles. The lowest BCUT2D eigenvalue weighted by Crippen LogP contribution is -2.38. The minimum atomic E-state index is 0.325. The van der Waals surface area contributed by atoms with Gasteiger partial charge in [0.2, 0.25) is 0 Å². The SMILES string of the molecule is CCNC(=NCC1CCN(C)C1)NCCCOCC1CCCO1. The van der Waals surface area contributed by atoms with Crippen LogP contribution in [0.15, 0.2) is 4.99 Å². The highest BCUT2D eigenvalue weighted by molar-refractivity contribution is 5.79. The van der Waals surface area contributed by atoms with Crippen LogP contribution in [-0.4, -0.2) is 76.6 Å². The molecule has 6 nitrogen and oxygen atoms in total. The maximum Gasteiger partial charge on any atom is 0.191 e. The molecule has 2 unspecified atom stereocenters. The average Bonchev–Trinajstić information content (AvgIpc) is 3.19. The van der Waals surface area contributed by atoms with Crippen molar-refractivity contribution in [2.24, 2.45) is 10.9 Å². The van der Waals surface area contributed by atoms with E-state index in [-0.39, 0.29) is 0 Å². The van der Waals surface area contributed by atoms with Crippen LogP contribution in [0, 0.1) is 5.92 Å². The van der Waals surface area contributed by atoms with E-state index in [2.05, 4.69) is 29.5 Å². The van der Waals surface area contributed by atoms with Gasteiger partial charge in [0.25, 0.3) is 0 Å². The Labute approximate surface area is 141 Å². The predicted molar refractivity (Wildman–Crippen MR) is 94.0 cm³/mol. The van der Waals surface area contributed by atoms with Crippen molar-refractivity contribution >= 4 is 5.96 Å². The van der Waals surface area contributed by atoms with Gasteiger partial charge in [-0.3, -0.25) is 4.99 Å². The highest BCUT2D eigenvalue weighted by atomic mass is 16.5. The molecule has 0 saturated carbocycles. The molecule has 2 aliphatic heterocycles. The molecular formula is C17H34N4O2. The quantitative estimate of drug-likeness (QED) is 0.377. The minimum Gasteiger partial charge on any atom is -0.379 e. The molecule has 0 aliphatic carbocycles. The third-order valence-corrected chi connectivity index (χ3v) is 4.43. The van der Waals surface area contributed by atoms with E-state index < -0.39 is 0 Å². The van der Waals surface area contributed by atoms with E-state index in [0.29, 0.717) is 12.0 Å². The van der Waals surface area contributed by atoms with Gasteiger partial charge in [-0.2, -0.15) is 0 Å². The van der Waals surface area contributed by atoms with Gasteiger partial charge < -0.3 is 25.0 Å². The van der Waals surface area contributed by atoms with E-state index in [4.69, 9.17) is 14.5 Å². The first kappa shape index (κ1) is 18.5. The monoisotopic (exact) mass is 326 g/mol. The van der Waals surface area contributed by atoms with Crippen LogP contribution in [-0.2, 0) is 9.47 Å². The van der Waals surface area contributed by atoms with E-state index in [1.54, 1.807) is 0 Å². The number of nitrogens with zero attached hydrogens (tertiary/aromatic N) is 2. The largest absolute Gasteiger partial charge is 0.379 e. The zero-order valence-corrected chi connectivity index (χ0v) is 14.9. The van der Waals surface area contributed by atoms with Crippen LogP contribution in [0.2, 0.25) is 0 Å². The summed E-state index contributed by atoms with van der Waals surface area (Å²) in [6.07, 6.45) is 4.90. The van der Waals surface area contributed by atoms with Crippen LogP contribution in [0.1, 0.15) is 32.6 Å². The molecule has 0 radical (unpaired) electrons. The van der Waals surface area contributed by atoms with Gasteiger partial charge >= 0.3 is 0 Å². The van der Waals surface area contributed by atoms with Crippen molar-refractivity contribution in [2.45, 2.75) is 38.7 Å². The maximum atomic E-state index is 5.68. The Morgan fingerprint density at radius 1 is 1.35 bits per heavy atom. The Morgan fingerprint density at radius 3 is 2.96 bits per heavy atom. The molecule has 2 N–H and O–H groups in total. The van der Waals surface area contributed by atoms with Gasteiger partial charge in [0.1, 0.15) is 0 Å². The number of rotatable bonds is 9. The molecule has 2 fully saturated rings. The second-order valence-electron chi connectivity index (χ2n) is 6.63. The molecule has 0 spiro atoms. The molecule has 23 heavy (non-hydrogen) atoms. The van der Waals surface area contributed by atoms with Crippen LogP contribution < -0.4 is 10.6 Å². The fourth-order valence-corrected chi connectivity index (χ4v) is 3.11. The number of likely N-dealkylation sites (tertiary alicyclic amines) is 1. The summed E-state index contributed by atoms with van der Waals surface area (Å²) in [5.41, 5.74) is 0. The fraction of sp³-hybridized carbons (Fsp3) is 0.941. The Kier molecular flexibility index (Phi) is 8.71. The molecule has 2 atom stereocenters. The van der Waals surface area contributed by atoms with Crippen molar-refractivity contribution in [2.75, 3.05) is 59.6 Å². The lowest BCUT2D eigenvalue weighted by molar-refractivity contribution is 0.0168. The number of ether oxygens (including phenoxy) is 2. The number of nitrogens with one attached hydrogen (secondary N) is 2. The highest BCUT2D eigenvalue weighted by Crippen LogP contribution is 2.14. The third-order valence-electron chi connectivity index (χ3n) is 4.43. The molecule has 2 heterocycles. The molecule has 6 heteroatoms. The molecule has 0 aromatic rings. The standard InChI is InChI=1S/C17H34N4O2/c1-3-18-17(20-12-15-7-9-21(2)13-15)19-8-5-10-22-14-16-6-4-11-23-16/h15-16H,3-14H2,1-2H3,(H2,18,19,20). The summed E-state index contributed by atoms with van der Waals surface area (Å²) in [6, 6.07) is 0. The van der Waals surface area contributed by atoms with Gasteiger partial charge in [-0.1, -0.05) is 0 Å². The molecule has 0 aromatic heterocycles. The fourth-order valence-electron chi connectivity index (χ4n) is 3.11. The van der Waals surface area contributed by atoms with Gasteiger partial charge in [0, 0.05) is 39.4 Å². The lowest BCUT2D eigenvalue weighted by Gasteiger charge is -2.14. The van der Waals surface area contributed by atoms with Gasteiger partial charge in [0.05, 0.1) is 12.7 Å². The van der Waals surface area contributed by atoms with Crippen LogP contribution in [0.3, 0.4) is 0 Å². The van der Waals surface area contributed by atoms with Gasteiger partial charge in [-0.15, -0.1) is 0 Å². The second-order valence-corrected chi connectivity index (χ2v) is 6.63. The molecule has 2 saturated heterocycles. The number of hydrogen-bond donors (Lipinski definition) is 2.